The molecule has 2 aliphatic rings. The van der Waals surface area contributed by atoms with E-state index in [1.54, 1.807) is 0 Å². The Labute approximate surface area is 66.9 Å². The van der Waals surface area contributed by atoms with Gasteiger partial charge >= 0.3 is 0 Å². The molecule has 0 aromatic carbocycles. The van der Waals surface area contributed by atoms with Gasteiger partial charge in [0.2, 0.25) is 0 Å². The van der Waals surface area contributed by atoms with E-state index in [0.717, 1.165) is 26.2 Å². The first-order valence-electron chi connectivity index (χ1n) is 4.03. The molecule has 4 nitrogen and oxygen atoms in total. The second-order valence-corrected chi connectivity index (χ2v) is 4.09. The number of likely N-dealkylation sites (N-methyl/N-ethyl adjacent to an activating group) is 1. The quantitative estimate of drug-likeness (QED) is 0.377. The van der Waals surface area contributed by atoms with E-state index in [-0.39, 0.29) is 11.1 Å². The molecule has 11 heavy (non-hydrogen) atoms. The van der Waals surface area contributed by atoms with Crippen molar-refractivity contribution in [2.75, 3.05) is 33.2 Å². The van der Waals surface area contributed by atoms with Crippen LogP contribution in [0.4, 0.5) is 0 Å². The predicted molar refractivity (Wildman–Crippen MR) is 44.2 cm³/mol. The van der Waals surface area contributed by atoms with Gasteiger partial charge in [0.25, 0.3) is 0 Å². The van der Waals surface area contributed by atoms with Crippen LogP contribution < -0.4 is 16.8 Å². The summed E-state index contributed by atoms with van der Waals surface area (Å²) in [6.45, 7) is 3.54. The van der Waals surface area contributed by atoms with Crippen LogP contribution in [-0.2, 0) is 0 Å². The van der Waals surface area contributed by atoms with Crippen molar-refractivity contribution in [3.8, 4) is 0 Å². The number of fused-ring (bicyclic) bond motifs is 1. The van der Waals surface area contributed by atoms with E-state index in [0.29, 0.717) is 0 Å². The minimum absolute atomic E-state index is 0.193. The van der Waals surface area contributed by atoms with Gasteiger partial charge in [0, 0.05) is 26.2 Å². The Bertz CT molecular complexity index is 165. The van der Waals surface area contributed by atoms with Crippen molar-refractivity contribution in [1.29, 1.82) is 0 Å². The number of likely N-dealkylation sites (tertiary alicyclic amines) is 1. The molecular formula is C7H16N4. The first-order chi connectivity index (χ1) is 5.06. The maximum absolute atomic E-state index is 6.16. The van der Waals surface area contributed by atoms with Gasteiger partial charge in [-0.2, -0.15) is 0 Å². The second-order valence-electron chi connectivity index (χ2n) is 4.09. The van der Waals surface area contributed by atoms with Gasteiger partial charge in [-0.25, -0.2) is 0 Å². The molecule has 0 aromatic rings. The minimum atomic E-state index is -0.193. The zero-order valence-electron chi connectivity index (χ0n) is 6.93. The molecule has 4 heteroatoms. The summed E-state index contributed by atoms with van der Waals surface area (Å²) in [6.07, 6.45) is 0. The highest BCUT2D eigenvalue weighted by Crippen LogP contribution is 2.29. The summed E-state index contributed by atoms with van der Waals surface area (Å²) >= 11 is 0. The topological polar surface area (TPSA) is 67.3 Å². The Balaban J connectivity index is 2.28. The lowest BCUT2D eigenvalue weighted by Gasteiger charge is -2.30. The third-order valence-electron chi connectivity index (χ3n) is 2.98. The van der Waals surface area contributed by atoms with E-state index in [1.165, 1.54) is 0 Å². The van der Waals surface area contributed by atoms with Crippen molar-refractivity contribution in [2.45, 2.75) is 11.1 Å². The van der Waals surface area contributed by atoms with Gasteiger partial charge in [-0.1, -0.05) is 0 Å². The summed E-state index contributed by atoms with van der Waals surface area (Å²) in [4.78, 5) is 2.21. The van der Waals surface area contributed by atoms with Crippen molar-refractivity contribution in [3.63, 3.8) is 0 Å². The molecule has 0 saturated carbocycles. The predicted octanol–water partition coefficient (Wildman–Crippen LogP) is -2.07. The zero-order valence-corrected chi connectivity index (χ0v) is 6.93. The first-order valence-corrected chi connectivity index (χ1v) is 4.03. The monoisotopic (exact) mass is 156 g/mol. The highest BCUT2D eigenvalue weighted by atomic mass is 15.3. The number of nitrogens with two attached hydrogens (primary N) is 2. The molecule has 0 radical (unpaired) electrons. The highest BCUT2D eigenvalue weighted by molar-refractivity contribution is 5.20. The van der Waals surface area contributed by atoms with Gasteiger partial charge in [0.1, 0.15) is 0 Å². The Morgan fingerprint density at radius 2 is 1.64 bits per heavy atom. The molecule has 0 unspecified atom stereocenters. The molecule has 0 amide bonds. The molecule has 64 valence electrons. The average molecular weight is 156 g/mol. The summed E-state index contributed by atoms with van der Waals surface area (Å²) < 4.78 is 0. The summed E-state index contributed by atoms with van der Waals surface area (Å²) in [6, 6.07) is 0. The lowest BCUT2D eigenvalue weighted by Crippen LogP contribution is -2.64. The van der Waals surface area contributed by atoms with Crippen molar-refractivity contribution in [1.82, 2.24) is 10.2 Å². The van der Waals surface area contributed by atoms with Gasteiger partial charge in [-0.3, -0.25) is 0 Å². The van der Waals surface area contributed by atoms with Crippen LogP contribution in [-0.4, -0.2) is 49.2 Å². The average Bonchev–Trinajstić information content (AvgIpc) is 2.16. The third-order valence-corrected chi connectivity index (χ3v) is 2.98. The Hall–Kier alpha value is -0.160. The summed E-state index contributed by atoms with van der Waals surface area (Å²) in [5, 5.41) is 3.25. The van der Waals surface area contributed by atoms with E-state index >= 15 is 0 Å². The third kappa shape index (κ3) is 0.840. The lowest BCUT2D eigenvalue weighted by atomic mass is 9.85. The molecule has 2 rings (SSSR count). The van der Waals surface area contributed by atoms with Crippen LogP contribution in [0.1, 0.15) is 0 Å². The molecule has 2 heterocycles. The van der Waals surface area contributed by atoms with Crippen LogP contribution in [0.25, 0.3) is 0 Å². The largest absolute Gasteiger partial charge is 0.321 e. The molecule has 0 spiro atoms. The van der Waals surface area contributed by atoms with Crippen LogP contribution in [0.2, 0.25) is 0 Å². The standard InChI is InChI=1S/C7H16N4/c1-11-4-6(8)2-10-3-7(6,9)5-11/h10H,2-5,8-9H2,1H3/t6-,7+. The number of rotatable bonds is 0. The van der Waals surface area contributed by atoms with Gasteiger partial charge < -0.3 is 21.7 Å². The first kappa shape index (κ1) is 7.49. The highest BCUT2D eigenvalue weighted by Gasteiger charge is 2.55. The fraction of sp³-hybridized carbons (Fsp3) is 1.00. The normalized spacial score (nSPS) is 51.5. The smallest absolute Gasteiger partial charge is 0.0617 e. The lowest BCUT2D eigenvalue weighted by molar-refractivity contribution is 0.367. The fourth-order valence-electron chi connectivity index (χ4n) is 2.31. The molecule has 5 N–H and O–H groups in total. The summed E-state index contributed by atoms with van der Waals surface area (Å²) in [7, 11) is 2.07. The molecule has 2 saturated heterocycles. The molecule has 2 atom stereocenters. The molecular weight excluding hydrogens is 140 g/mol. The van der Waals surface area contributed by atoms with Gasteiger partial charge in [0.15, 0.2) is 0 Å². The van der Waals surface area contributed by atoms with E-state index in [4.69, 9.17) is 11.5 Å². The Morgan fingerprint density at radius 3 is 2.09 bits per heavy atom. The molecule has 0 aromatic heterocycles. The maximum Gasteiger partial charge on any atom is 0.0617 e. The Kier molecular flexibility index (Phi) is 1.33. The second kappa shape index (κ2) is 1.95. The van der Waals surface area contributed by atoms with Crippen LogP contribution in [0, 0.1) is 0 Å². The van der Waals surface area contributed by atoms with Crippen LogP contribution in [0.15, 0.2) is 0 Å². The number of hydrogen-bond acceptors (Lipinski definition) is 4. The van der Waals surface area contributed by atoms with Crippen LogP contribution in [0.5, 0.6) is 0 Å². The van der Waals surface area contributed by atoms with E-state index < -0.39 is 0 Å². The van der Waals surface area contributed by atoms with Gasteiger partial charge in [-0.05, 0) is 7.05 Å². The van der Waals surface area contributed by atoms with E-state index in [1.807, 2.05) is 0 Å². The summed E-state index contributed by atoms with van der Waals surface area (Å²) in [5.41, 5.74) is 11.9. The van der Waals surface area contributed by atoms with Crippen molar-refractivity contribution in [2.24, 2.45) is 11.5 Å². The molecule has 2 aliphatic heterocycles. The van der Waals surface area contributed by atoms with Gasteiger partial charge in [0.05, 0.1) is 11.1 Å². The number of hydrogen-bond donors (Lipinski definition) is 3. The SMILES string of the molecule is CN1C[C@]2(N)CNC[C@]2(N)C1. The zero-order chi connectivity index (χ0) is 8.11. The molecule has 2 fully saturated rings. The minimum Gasteiger partial charge on any atom is -0.321 e. The maximum atomic E-state index is 6.16. The van der Waals surface area contributed by atoms with Crippen LogP contribution in [0.3, 0.4) is 0 Å². The summed E-state index contributed by atoms with van der Waals surface area (Å²) in [5.74, 6) is 0. The number of nitrogens with zero attached hydrogens (tertiary/aromatic N) is 1. The number of nitrogens with one attached hydrogen (secondary N) is 1. The molecule has 0 aliphatic carbocycles. The van der Waals surface area contributed by atoms with Crippen LogP contribution >= 0.6 is 0 Å². The molecule has 0 bridgehead atoms. The van der Waals surface area contributed by atoms with Gasteiger partial charge in [-0.15, -0.1) is 0 Å². The van der Waals surface area contributed by atoms with Crippen molar-refractivity contribution < 1.29 is 0 Å². The fourth-order valence-corrected chi connectivity index (χ4v) is 2.31. The van der Waals surface area contributed by atoms with E-state index in [9.17, 15) is 0 Å². The Morgan fingerprint density at radius 1 is 1.18 bits per heavy atom. The van der Waals surface area contributed by atoms with Crippen molar-refractivity contribution in [3.05, 3.63) is 0 Å². The van der Waals surface area contributed by atoms with E-state index in [2.05, 4.69) is 17.3 Å². The van der Waals surface area contributed by atoms with Crippen molar-refractivity contribution >= 4 is 0 Å².